The van der Waals surface area contributed by atoms with E-state index in [0.717, 1.165) is 24.1 Å². The lowest BCUT2D eigenvalue weighted by Crippen LogP contribution is -2.10. The second kappa shape index (κ2) is 9.22. The number of imidazole rings is 1. The molecule has 0 atom stereocenters. The fraction of sp³-hybridized carbons (Fsp3) is 0.333. The van der Waals surface area contributed by atoms with E-state index in [0.29, 0.717) is 41.0 Å². The number of para-hydroxylation sites is 1. The third-order valence-corrected chi connectivity index (χ3v) is 5.11. The van der Waals surface area contributed by atoms with E-state index in [2.05, 4.69) is 32.4 Å². The van der Waals surface area contributed by atoms with Gasteiger partial charge in [-0.1, -0.05) is 42.2 Å². The number of tetrazole rings is 1. The van der Waals surface area contributed by atoms with Gasteiger partial charge in [-0.25, -0.2) is 9.25 Å². The Morgan fingerprint density at radius 2 is 1.94 bits per heavy atom. The fourth-order valence-corrected chi connectivity index (χ4v) is 3.47. The minimum Gasteiger partial charge on any atom is -0.458 e. The average Bonchev–Trinajstić information content (AvgIpc) is 3.34. The fourth-order valence-electron chi connectivity index (χ4n) is 3.26. The Morgan fingerprint density at radius 3 is 2.71 bits per heavy atom. The third kappa shape index (κ3) is 4.56. The second-order valence-corrected chi connectivity index (χ2v) is 7.57. The number of pyridine rings is 1. The smallest absolute Gasteiger partial charge is 0.305 e. The monoisotopic (exact) mass is 439 g/mol. The highest BCUT2D eigenvalue weighted by molar-refractivity contribution is 6.35. The molecule has 0 N–H and O–H groups in total. The predicted molar refractivity (Wildman–Crippen MR) is 115 cm³/mol. The molecular weight excluding hydrogens is 418 g/mol. The summed E-state index contributed by atoms with van der Waals surface area (Å²) in [7, 11) is 1.73. The molecule has 3 heterocycles. The molecule has 0 fully saturated rings. The van der Waals surface area contributed by atoms with Gasteiger partial charge in [0, 0.05) is 25.6 Å². The van der Waals surface area contributed by atoms with Gasteiger partial charge in [0.25, 0.3) is 5.95 Å². The molecule has 0 saturated heterocycles. The molecule has 0 unspecified atom stereocenters. The van der Waals surface area contributed by atoms with Crippen molar-refractivity contribution in [3.8, 4) is 12.0 Å². The van der Waals surface area contributed by atoms with Crippen molar-refractivity contribution < 1.29 is 9.53 Å². The summed E-state index contributed by atoms with van der Waals surface area (Å²) in [5, 5.41) is 12.2. The van der Waals surface area contributed by atoms with Crippen molar-refractivity contribution in [2.75, 3.05) is 0 Å². The van der Waals surface area contributed by atoms with Crippen LogP contribution in [0.4, 0.5) is 0 Å². The van der Waals surface area contributed by atoms with E-state index in [4.69, 9.17) is 16.3 Å². The van der Waals surface area contributed by atoms with Crippen LogP contribution in [0.25, 0.3) is 17.0 Å². The molecule has 0 spiro atoms. The van der Waals surface area contributed by atoms with Crippen molar-refractivity contribution in [1.82, 2.24) is 34.7 Å². The number of ether oxygens (including phenoxy) is 1. The molecule has 9 nitrogen and oxygen atoms in total. The van der Waals surface area contributed by atoms with Gasteiger partial charge < -0.3 is 4.74 Å². The van der Waals surface area contributed by atoms with Gasteiger partial charge in [0.2, 0.25) is 0 Å². The largest absolute Gasteiger partial charge is 0.458 e. The zero-order valence-electron chi connectivity index (χ0n) is 17.3. The lowest BCUT2D eigenvalue weighted by Gasteiger charge is -2.09. The topological polar surface area (TPSA) is 101 Å². The van der Waals surface area contributed by atoms with Crippen LogP contribution in [0.3, 0.4) is 0 Å². The summed E-state index contributed by atoms with van der Waals surface area (Å²) < 4.78 is 9.23. The Bertz CT molecular complexity index is 1220. The van der Waals surface area contributed by atoms with Gasteiger partial charge in [0.05, 0.1) is 16.2 Å². The molecule has 0 radical (unpaired) electrons. The summed E-state index contributed by atoms with van der Waals surface area (Å²) in [6.07, 6.45) is 2.80. The summed E-state index contributed by atoms with van der Waals surface area (Å²) in [6.45, 7) is 2.24. The van der Waals surface area contributed by atoms with Crippen LogP contribution in [0.2, 0.25) is 5.02 Å². The number of unbranched alkanes of at least 4 members (excludes halogenated alkanes) is 1. The zero-order chi connectivity index (χ0) is 21.8. The Kier molecular flexibility index (Phi) is 6.22. The van der Waals surface area contributed by atoms with Crippen molar-refractivity contribution in [2.45, 2.75) is 39.2 Å². The van der Waals surface area contributed by atoms with Gasteiger partial charge in [-0.3, -0.25) is 9.78 Å². The van der Waals surface area contributed by atoms with Crippen LogP contribution in [0.15, 0.2) is 36.4 Å². The van der Waals surface area contributed by atoms with E-state index in [1.54, 1.807) is 17.7 Å². The normalized spacial score (nSPS) is 11.2. The molecule has 1 aromatic carbocycles. The molecule has 0 aliphatic carbocycles. The van der Waals surface area contributed by atoms with Crippen LogP contribution < -0.4 is 4.74 Å². The number of fused-ring (bicyclic) bond motifs is 1. The molecule has 0 saturated carbocycles. The van der Waals surface area contributed by atoms with E-state index >= 15 is 0 Å². The van der Waals surface area contributed by atoms with E-state index in [9.17, 15) is 4.79 Å². The van der Waals surface area contributed by atoms with E-state index < -0.39 is 0 Å². The summed E-state index contributed by atoms with van der Waals surface area (Å²) in [6, 6.07) is 11.3. The number of benzene rings is 1. The van der Waals surface area contributed by atoms with Crippen molar-refractivity contribution in [1.29, 1.82) is 0 Å². The van der Waals surface area contributed by atoms with Crippen molar-refractivity contribution >= 4 is 28.4 Å². The zero-order valence-corrected chi connectivity index (χ0v) is 18.1. The number of ketones is 1. The molecule has 0 bridgehead atoms. The number of carbonyl (C=O) groups excluding carboxylic acids is 1. The highest BCUT2D eigenvalue weighted by Crippen LogP contribution is 2.29. The second-order valence-electron chi connectivity index (χ2n) is 7.17. The van der Waals surface area contributed by atoms with Gasteiger partial charge in [-0.05, 0) is 41.1 Å². The number of carbonyl (C=O) groups is 1. The number of hydrogen-bond acceptors (Lipinski definition) is 7. The molecule has 31 heavy (non-hydrogen) atoms. The Morgan fingerprint density at radius 1 is 1.13 bits per heavy atom. The predicted octanol–water partition coefficient (Wildman–Crippen LogP) is 3.48. The van der Waals surface area contributed by atoms with Gasteiger partial charge in [-0.15, -0.1) is 0 Å². The first-order chi connectivity index (χ1) is 15.1. The first kappa shape index (κ1) is 20.9. The van der Waals surface area contributed by atoms with Crippen molar-refractivity contribution in [3.05, 3.63) is 52.8 Å². The molecule has 160 valence electrons. The van der Waals surface area contributed by atoms with Gasteiger partial charge >= 0.3 is 6.01 Å². The maximum Gasteiger partial charge on any atom is 0.305 e. The summed E-state index contributed by atoms with van der Waals surface area (Å²) in [5.74, 6) is 0.640. The van der Waals surface area contributed by atoms with Crippen molar-refractivity contribution in [3.63, 3.8) is 0 Å². The van der Waals surface area contributed by atoms with Gasteiger partial charge in [0.1, 0.15) is 17.9 Å². The first-order valence-corrected chi connectivity index (χ1v) is 10.4. The SMILES string of the molecule is CCCCC(=O)Cc1cccc(COc2nc3c(Cl)cccc3n2-c2nnnn2C)n1. The number of nitrogens with zero attached hydrogens (tertiary/aromatic N) is 7. The number of halogens is 1. The van der Waals surface area contributed by atoms with Crippen LogP contribution in [-0.4, -0.2) is 40.5 Å². The number of Topliss-reactive ketones (excluding diaryl/α,β-unsaturated/α-hetero) is 1. The average molecular weight is 440 g/mol. The number of aryl methyl sites for hydroxylation is 1. The quantitative estimate of drug-likeness (QED) is 0.393. The summed E-state index contributed by atoms with van der Waals surface area (Å²) in [4.78, 5) is 21.2. The molecular formula is C21H22ClN7O2. The molecule has 10 heteroatoms. The van der Waals surface area contributed by atoms with Crippen LogP contribution in [0.1, 0.15) is 37.6 Å². The Balaban J connectivity index is 1.59. The lowest BCUT2D eigenvalue weighted by molar-refractivity contribution is -0.118. The molecule has 4 aromatic rings. The Labute approximate surface area is 184 Å². The Hall–Kier alpha value is -3.33. The third-order valence-electron chi connectivity index (χ3n) is 4.80. The number of rotatable bonds is 9. The highest BCUT2D eigenvalue weighted by atomic mass is 35.5. The van der Waals surface area contributed by atoms with Crippen LogP contribution in [0.5, 0.6) is 6.01 Å². The van der Waals surface area contributed by atoms with E-state index in [-0.39, 0.29) is 12.4 Å². The maximum atomic E-state index is 12.1. The van der Waals surface area contributed by atoms with Crippen LogP contribution >= 0.6 is 11.6 Å². The molecule has 3 aromatic heterocycles. The van der Waals surface area contributed by atoms with E-state index in [1.807, 2.05) is 30.3 Å². The molecule has 0 amide bonds. The minimum absolute atomic E-state index is 0.170. The van der Waals surface area contributed by atoms with Crippen molar-refractivity contribution in [2.24, 2.45) is 7.05 Å². The standard InChI is InChI=1S/C21H22ClN7O2/c1-3-4-9-16(30)12-14-7-5-8-15(23-14)13-31-21-24-19-17(22)10-6-11-18(19)29(21)20-25-26-27-28(20)2/h5-8,10-11H,3-4,9,12-13H2,1-2H3. The van der Waals surface area contributed by atoms with Crippen LogP contribution in [0, 0.1) is 0 Å². The van der Waals surface area contributed by atoms with Crippen LogP contribution in [-0.2, 0) is 24.9 Å². The lowest BCUT2D eigenvalue weighted by atomic mass is 10.1. The molecule has 4 rings (SSSR count). The molecule has 0 aliphatic rings. The first-order valence-electron chi connectivity index (χ1n) is 10.1. The van der Waals surface area contributed by atoms with E-state index in [1.165, 1.54) is 4.68 Å². The minimum atomic E-state index is 0.170. The number of aromatic nitrogens is 7. The number of hydrogen-bond donors (Lipinski definition) is 0. The van der Waals surface area contributed by atoms with Gasteiger partial charge in [-0.2, -0.15) is 4.98 Å². The summed E-state index contributed by atoms with van der Waals surface area (Å²) >= 11 is 6.33. The van der Waals surface area contributed by atoms with Gasteiger partial charge in [0.15, 0.2) is 0 Å². The highest BCUT2D eigenvalue weighted by Gasteiger charge is 2.20. The maximum absolute atomic E-state index is 12.1. The summed E-state index contributed by atoms with van der Waals surface area (Å²) in [5.41, 5.74) is 2.74. The molecule has 0 aliphatic heterocycles.